The van der Waals surface area contributed by atoms with Gasteiger partial charge in [-0.15, -0.1) is 11.3 Å². The van der Waals surface area contributed by atoms with Crippen LogP contribution in [-0.2, 0) is 22.4 Å². The van der Waals surface area contributed by atoms with Gasteiger partial charge in [0.05, 0.1) is 19.0 Å². The average Bonchev–Trinajstić information content (AvgIpc) is 3.33. The lowest BCUT2D eigenvalue weighted by Crippen LogP contribution is -2.48. The van der Waals surface area contributed by atoms with E-state index in [0.717, 1.165) is 35.3 Å². The van der Waals surface area contributed by atoms with Crippen molar-refractivity contribution in [2.75, 3.05) is 26.2 Å². The molecule has 2 aromatic carbocycles. The third kappa shape index (κ3) is 6.12. The van der Waals surface area contributed by atoms with Crippen LogP contribution in [0.2, 0.25) is 0 Å². The standard InChI is InChI=1S/C29H34N2O3S/c1-4-14-30(28(32)18-23-8-6-5-7-9-23)19-29(33)31-15-12-27-24(13-16-35-27)25(31)20-34-26-11-10-21(2)17-22(26)3/h5-11,13,16-17,25H,4,12,14-15,18-20H2,1-3H3/t25-/m0/s1. The number of rotatable bonds is 9. The number of carbonyl (C=O) groups excluding carboxylic acids is 2. The van der Waals surface area contributed by atoms with E-state index < -0.39 is 0 Å². The minimum absolute atomic E-state index is 0.0114. The molecule has 0 bridgehead atoms. The van der Waals surface area contributed by atoms with Crippen molar-refractivity contribution < 1.29 is 14.3 Å². The molecule has 1 atom stereocenters. The summed E-state index contributed by atoms with van der Waals surface area (Å²) in [5, 5.41) is 2.09. The van der Waals surface area contributed by atoms with Gasteiger partial charge < -0.3 is 14.5 Å². The molecule has 1 aliphatic rings. The molecule has 35 heavy (non-hydrogen) atoms. The average molecular weight is 491 g/mol. The zero-order valence-electron chi connectivity index (χ0n) is 20.8. The molecule has 3 aromatic rings. The Morgan fingerprint density at radius 1 is 1.11 bits per heavy atom. The molecule has 6 heteroatoms. The number of benzene rings is 2. The summed E-state index contributed by atoms with van der Waals surface area (Å²) in [4.78, 5) is 31.6. The maximum absolute atomic E-state index is 13.6. The first-order valence-electron chi connectivity index (χ1n) is 12.3. The van der Waals surface area contributed by atoms with Gasteiger partial charge in [0, 0.05) is 18.0 Å². The van der Waals surface area contributed by atoms with Crippen LogP contribution in [0.25, 0.3) is 0 Å². The van der Waals surface area contributed by atoms with Crippen LogP contribution in [0.1, 0.15) is 46.5 Å². The van der Waals surface area contributed by atoms with Crippen LogP contribution < -0.4 is 4.74 Å². The number of carbonyl (C=O) groups is 2. The fraction of sp³-hybridized carbons (Fsp3) is 0.379. The summed E-state index contributed by atoms with van der Waals surface area (Å²) in [6.45, 7) is 7.84. The number of hydrogen-bond donors (Lipinski definition) is 0. The maximum atomic E-state index is 13.6. The Hall–Kier alpha value is -3.12. The van der Waals surface area contributed by atoms with Gasteiger partial charge in [-0.1, -0.05) is 55.0 Å². The highest BCUT2D eigenvalue weighted by Gasteiger charge is 2.33. The van der Waals surface area contributed by atoms with Crippen molar-refractivity contribution in [3.8, 4) is 5.75 Å². The number of thiophene rings is 1. The molecule has 0 radical (unpaired) electrons. The lowest BCUT2D eigenvalue weighted by atomic mass is 10.00. The van der Waals surface area contributed by atoms with Crippen molar-refractivity contribution >= 4 is 23.2 Å². The molecule has 0 N–H and O–H groups in total. The number of amides is 2. The number of fused-ring (bicyclic) bond motifs is 1. The second-order valence-corrected chi connectivity index (χ2v) is 10.2. The van der Waals surface area contributed by atoms with Crippen LogP contribution >= 0.6 is 11.3 Å². The molecule has 0 aliphatic carbocycles. The first kappa shape index (κ1) is 25.0. The van der Waals surface area contributed by atoms with Crippen molar-refractivity contribution in [1.82, 2.24) is 9.80 Å². The van der Waals surface area contributed by atoms with Crippen LogP contribution in [0, 0.1) is 13.8 Å². The van der Waals surface area contributed by atoms with Gasteiger partial charge in [-0.2, -0.15) is 0 Å². The van der Waals surface area contributed by atoms with Gasteiger partial charge >= 0.3 is 0 Å². The Morgan fingerprint density at radius 3 is 2.66 bits per heavy atom. The number of aryl methyl sites for hydroxylation is 2. The monoisotopic (exact) mass is 490 g/mol. The third-order valence-electron chi connectivity index (χ3n) is 6.51. The summed E-state index contributed by atoms with van der Waals surface area (Å²) in [6, 6.07) is 17.8. The molecule has 1 aliphatic heterocycles. The second kappa shape index (κ2) is 11.5. The van der Waals surface area contributed by atoms with Gasteiger partial charge in [0.1, 0.15) is 12.4 Å². The Labute approximate surface area is 212 Å². The summed E-state index contributed by atoms with van der Waals surface area (Å²) >= 11 is 1.74. The van der Waals surface area contributed by atoms with E-state index in [1.165, 1.54) is 10.4 Å². The quantitative estimate of drug-likeness (QED) is 0.406. The first-order valence-corrected chi connectivity index (χ1v) is 13.2. The highest BCUT2D eigenvalue weighted by atomic mass is 32.1. The van der Waals surface area contributed by atoms with Crippen molar-refractivity contribution in [3.63, 3.8) is 0 Å². The number of hydrogen-bond acceptors (Lipinski definition) is 4. The Kier molecular flexibility index (Phi) is 8.24. The van der Waals surface area contributed by atoms with Crippen LogP contribution in [0.5, 0.6) is 5.75 Å². The van der Waals surface area contributed by atoms with Gasteiger partial charge in [0.25, 0.3) is 0 Å². The minimum Gasteiger partial charge on any atom is -0.491 e. The van der Waals surface area contributed by atoms with Crippen molar-refractivity contribution in [2.45, 2.75) is 46.1 Å². The topological polar surface area (TPSA) is 49.9 Å². The summed E-state index contributed by atoms with van der Waals surface area (Å²) in [5.41, 5.74) is 4.41. The molecular weight excluding hydrogens is 456 g/mol. The predicted molar refractivity (Wildman–Crippen MR) is 141 cm³/mol. The van der Waals surface area contributed by atoms with E-state index in [1.807, 2.05) is 61.2 Å². The van der Waals surface area contributed by atoms with Crippen molar-refractivity contribution in [3.05, 3.63) is 87.1 Å². The summed E-state index contributed by atoms with van der Waals surface area (Å²) in [7, 11) is 0. The van der Waals surface area contributed by atoms with Crippen molar-refractivity contribution in [1.29, 1.82) is 0 Å². The van der Waals surface area contributed by atoms with E-state index >= 15 is 0 Å². The van der Waals surface area contributed by atoms with E-state index in [9.17, 15) is 9.59 Å². The number of nitrogens with zero attached hydrogens (tertiary/aromatic N) is 2. The van der Waals surface area contributed by atoms with E-state index in [2.05, 4.69) is 24.4 Å². The van der Waals surface area contributed by atoms with Gasteiger partial charge in [0.2, 0.25) is 11.8 Å². The Bertz CT molecular complexity index is 1160. The molecule has 0 saturated heterocycles. The summed E-state index contributed by atoms with van der Waals surface area (Å²) in [6.07, 6.45) is 1.95. The molecule has 184 valence electrons. The van der Waals surface area contributed by atoms with E-state index in [4.69, 9.17) is 4.74 Å². The maximum Gasteiger partial charge on any atom is 0.242 e. The number of ether oxygens (including phenoxy) is 1. The molecule has 5 nitrogen and oxygen atoms in total. The largest absolute Gasteiger partial charge is 0.491 e. The van der Waals surface area contributed by atoms with Gasteiger partial charge in [0.15, 0.2) is 0 Å². The second-order valence-electron chi connectivity index (χ2n) is 9.21. The fourth-order valence-corrected chi connectivity index (χ4v) is 5.63. The van der Waals surface area contributed by atoms with E-state index in [1.54, 1.807) is 16.2 Å². The molecule has 0 saturated carbocycles. The molecule has 0 spiro atoms. The van der Waals surface area contributed by atoms with E-state index in [-0.39, 0.29) is 24.4 Å². The lowest BCUT2D eigenvalue weighted by molar-refractivity contribution is -0.142. The van der Waals surface area contributed by atoms with Gasteiger partial charge in [-0.05, 0) is 60.9 Å². The first-order chi connectivity index (χ1) is 17.0. The smallest absolute Gasteiger partial charge is 0.242 e. The Balaban J connectivity index is 1.49. The van der Waals surface area contributed by atoms with Crippen LogP contribution in [0.4, 0.5) is 0 Å². The highest BCUT2D eigenvalue weighted by molar-refractivity contribution is 7.10. The molecule has 2 heterocycles. The molecule has 4 rings (SSSR count). The Morgan fingerprint density at radius 2 is 1.91 bits per heavy atom. The molecule has 0 fully saturated rings. The SMILES string of the molecule is CCCN(CC(=O)N1CCc2sccc2[C@@H]1COc1ccc(C)cc1C)C(=O)Cc1ccccc1. The molecular formula is C29H34N2O3S. The zero-order valence-corrected chi connectivity index (χ0v) is 21.6. The summed E-state index contributed by atoms with van der Waals surface area (Å²) < 4.78 is 6.25. The molecule has 0 unspecified atom stereocenters. The normalized spacial score (nSPS) is 14.9. The predicted octanol–water partition coefficient (Wildman–Crippen LogP) is 5.35. The molecule has 1 aromatic heterocycles. The van der Waals surface area contributed by atoms with Crippen LogP contribution in [-0.4, -0.2) is 47.9 Å². The highest BCUT2D eigenvalue weighted by Crippen LogP contribution is 2.34. The van der Waals surface area contributed by atoms with Crippen LogP contribution in [0.3, 0.4) is 0 Å². The zero-order chi connectivity index (χ0) is 24.8. The van der Waals surface area contributed by atoms with E-state index in [0.29, 0.717) is 26.1 Å². The van der Waals surface area contributed by atoms with Crippen molar-refractivity contribution in [2.24, 2.45) is 0 Å². The minimum atomic E-state index is -0.161. The van der Waals surface area contributed by atoms with Gasteiger partial charge in [-0.25, -0.2) is 0 Å². The summed E-state index contributed by atoms with van der Waals surface area (Å²) in [5.74, 6) is 0.810. The lowest BCUT2D eigenvalue weighted by Gasteiger charge is -2.37. The molecule has 2 amide bonds. The fourth-order valence-electron chi connectivity index (χ4n) is 4.70. The van der Waals surface area contributed by atoms with Gasteiger partial charge in [-0.3, -0.25) is 9.59 Å². The third-order valence-corrected chi connectivity index (χ3v) is 7.51. The van der Waals surface area contributed by atoms with Crippen LogP contribution in [0.15, 0.2) is 60.0 Å².